The molecule has 0 amide bonds. The highest BCUT2D eigenvalue weighted by molar-refractivity contribution is 14.0. The van der Waals surface area contributed by atoms with Crippen LogP contribution in [0.3, 0.4) is 0 Å². The van der Waals surface area contributed by atoms with Crippen molar-refractivity contribution in [2.45, 2.75) is 57.0 Å². The molecule has 1 aromatic carbocycles. The Kier molecular flexibility index (Phi) is 11.0. The summed E-state index contributed by atoms with van der Waals surface area (Å²) in [5.41, 5.74) is 1.02. The number of nitrogens with zero attached hydrogens (tertiary/aromatic N) is 2. The minimum atomic E-state index is 0. The first-order valence-electron chi connectivity index (χ1n) is 11.2. The molecule has 31 heavy (non-hydrogen) atoms. The molecule has 7 nitrogen and oxygen atoms in total. The van der Waals surface area contributed by atoms with Crippen molar-refractivity contribution in [3.8, 4) is 17.2 Å². The second kappa shape index (κ2) is 13.2. The molecule has 2 aliphatic rings. The number of piperidine rings is 1. The molecule has 1 aliphatic carbocycles. The summed E-state index contributed by atoms with van der Waals surface area (Å²) in [4.78, 5) is 7.12. The Labute approximate surface area is 204 Å². The van der Waals surface area contributed by atoms with E-state index in [4.69, 9.17) is 14.2 Å². The van der Waals surface area contributed by atoms with Crippen LogP contribution in [0.2, 0.25) is 0 Å². The van der Waals surface area contributed by atoms with Gasteiger partial charge in [0, 0.05) is 56.5 Å². The Balaban J connectivity index is 0.00000341. The lowest BCUT2D eigenvalue weighted by Gasteiger charge is -2.36. The van der Waals surface area contributed by atoms with Gasteiger partial charge in [0.15, 0.2) is 5.96 Å². The van der Waals surface area contributed by atoms with Gasteiger partial charge in [0.2, 0.25) is 0 Å². The topological polar surface area (TPSA) is 67.4 Å². The molecule has 0 bridgehead atoms. The lowest BCUT2D eigenvalue weighted by atomic mass is 10.0. The fourth-order valence-electron chi connectivity index (χ4n) is 4.70. The normalized spacial score (nSPS) is 18.4. The van der Waals surface area contributed by atoms with Crippen LogP contribution >= 0.6 is 24.0 Å². The summed E-state index contributed by atoms with van der Waals surface area (Å²) in [6, 6.07) is 5.10. The Morgan fingerprint density at radius 1 is 1.00 bits per heavy atom. The predicted molar refractivity (Wildman–Crippen MR) is 137 cm³/mol. The van der Waals surface area contributed by atoms with Gasteiger partial charge >= 0.3 is 0 Å². The van der Waals surface area contributed by atoms with Crippen LogP contribution in [-0.4, -0.2) is 71.0 Å². The van der Waals surface area contributed by atoms with Crippen molar-refractivity contribution in [1.29, 1.82) is 0 Å². The number of aliphatic imine (C=N–C) groups is 1. The average Bonchev–Trinajstić information content (AvgIpc) is 3.33. The Morgan fingerprint density at radius 3 is 2.13 bits per heavy atom. The molecule has 3 rings (SSSR count). The van der Waals surface area contributed by atoms with Crippen LogP contribution in [-0.2, 0) is 6.42 Å². The number of likely N-dealkylation sites (tertiary alicyclic amines) is 1. The van der Waals surface area contributed by atoms with Gasteiger partial charge in [-0.15, -0.1) is 24.0 Å². The number of guanidine groups is 1. The molecule has 0 radical (unpaired) electrons. The second-order valence-electron chi connectivity index (χ2n) is 8.15. The van der Waals surface area contributed by atoms with Crippen LogP contribution in [0.5, 0.6) is 17.2 Å². The lowest BCUT2D eigenvalue weighted by molar-refractivity contribution is 0.150. The monoisotopic (exact) mass is 546 g/mol. The zero-order valence-electron chi connectivity index (χ0n) is 19.4. The molecule has 1 saturated carbocycles. The molecular weight excluding hydrogens is 507 g/mol. The Hall–Kier alpha value is -1.42. The van der Waals surface area contributed by atoms with Gasteiger partial charge in [-0.05, 0) is 32.1 Å². The van der Waals surface area contributed by atoms with Gasteiger partial charge in [0.05, 0.1) is 21.3 Å². The quantitative estimate of drug-likeness (QED) is 0.296. The summed E-state index contributed by atoms with van der Waals surface area (Å²) in [6.07, 6.45) is 8.71. The number of nitrogens with one attached hydrogen (secondary N) is 2. The van der Waals surface area contributed by atoms with Crippen molar-refractivity contribution >= 4 is 29.9 Å². The van der Waals surface area contributed by atoms with Gasteiger partial charge in [-0.1, -0.05) is 12.8 Å². The third kappa shape index (κ3) is 7.03. The van der Waals surface area contributed by atoms with E-state index in [0.29, 0.717) is 6.04 Å². The van der Waals surface area contributed by atoms with Crippen LogP contribution < -0.4 is 24.8 Å². The predicted octanol–water partition coefficient (Wildman–Crippen LogP) is 3.44. The van der Waals surface area contributed by atoms with Gasteiger partial charge in [-0.2, -0.15) is 0 Å². The minimum Gasteiger partial charge on any atom is -0.496 e. The van der Waals surface area contributed by atoms with E-state index in [-0.39, 0.29) is 24.0 Å². The molecule has 0 aromatic heterocycles. The van der Waals surface area contributed by atoms with Gasteiger partial charge in [-0.25, -0.2) is 0 Å². The summed E-state index contributed by atoms with van der Waals surface area (Å²) >= 11 is 0. The van der Waals surface area contributed by atoms with Crippen LogP contribution in [0.1, 0.15) is 44.1 Å². The van der Waals surface area contributed by atoms with E-state index in [1.165, 1.54) is 51.6 Å². The summed E-state index contributed by atoms with van der Waals surface area (Å²) < 4.78 is 16.4. The lowest BCUT2D eigenvalue weighted by Crippen LogP contribution is -2.50. The van der Waals surface area contributed by atoms with Crippen molar-refractivity contribution in [2.24, 2.45) is 4.99 Å². The molecular formula is C23H39IN4O3. The van der Waals surface area contributed by atoms with E-state index in [1.54, 1.807) is 21.3 Å². The largest absolute Gasteiger partial charge is 0.496 e. The minimum absolute atomic E-state index is 0. The molecule has 1 heterocycles. The van der Waals surface area contributed by atoms with Crippen LogP contribution in [0.4, 0.5) is 0 Å². The maximum Gasteiger partial charge on any atom is 0.191 e. The van der Waals surface area contributed by atoms with E-state index in [9.17, 15) is 0 Å². The van der Waals surface area contributed by atoms with Crippen LogP contribution in [0, 0.1) is 0 Å². The SMILES string of the molecule is CN=C(NCCc1c(OC)cc(OC)cc1OC)NC1CCN(C2CCCC2)CC1.I. The summed E-state index contributed by atoms with van der Waals surface area (Å²) in [6.45, 7) is 3.12. The summed E-state index contributed by atoms with van der Waals surface area (Å²) in [5.74, 6) is 3.13. The van der Waals surface area contributed by atoms with Crippen molar-refractivity contribution in [1.82, 2.24) is 15.5 Å². The van der Waals surface area contributed by atoms with Crippen molar-refractivity contribution in [2.75, 3.05) is 48.0 Å². The van der Waals surface area contributed by atoms with Gasteiger partial charge in [0.1, 0.15) is 17.2 Å². The van der Waals surface area contributed by atoms with E-state index in [0.717, 1.165) is 47.8 Å². The van der Waals surface area contributed by atoms with E-state index < -0.39 is 0 Å². The molecule has 1 saturated heterocycles. The van der Waals surface area contributed by atoms with Crippen LogP contribution in [0.15, 0.2) is 17.1 Å². The number of rotatable bonds is 8. The van der Waals surface area contributed by atoms with Crippen molar-refractivity contribution in [3.05, 3.63) is 17.7 Å². The third-order valence-corrected chi connectivity index (χ3v) is 6.42. The molecule has 1 aromatic rings. The zero-order valence-corrected chi connectivity index (χ0v) is 21.7. The molecule has 8 heteroatoms. The molecule has 2 N–H and O–H groups in total. The van der Waals surface area contributed by atoms with E-state index >= 15 is 0 Å². The van der Waals surface area contributed by atoms with E-state index in [2.05, 4.69) is 20.5 Å². The first kappa shape index (κ1) is 25.8. The molecule has 0 atom stereocenters. The number of hydrogen-bond donors (Lipinski definition) is 2. The molecule has 176 valence electrons. The highest BCUT2D eigenvalue weighted by atomic mass is 127. The maximum absolute atomic E-state index is 5.55. The first-order chi connectivity index (χ1) is 14.7. The van der Waals surface area contributed by atoms with Crippen molar-refractivity contribution < 1.29 is 14.2 Å². The maximum atomic E-state index is 5.55. The molecule has 2 fully saturated rings. The highest BCUT2D eigenvalue weighted by Gasteiger charge is 2.27. The second-order valence-corrected chi connectivity index (χ2v) is 8.15. The fourth-order valence-corrected chi connectivity index (χ4v) is 4.70. The van der Waals surface area contributed by atoms with E-state index in [1.807, 2.05) is 19.2 Å². The van der Waals surface area contributed by atoms with Crippen molar-refractivity contribution in [3.63, 3.8) is 0 Å². The number of hydrogen-bond acceptors (Lipinski definition) is 5. The Bertz CT molecular complexity index is 677. The first-order valence-corrected chi connectivity index (χ1v) is 11.2. The molecule has 1 aliphatic heterocycles. The summed E-state index contributed by atoms with van der Waals surface area (Å²) in [7, 11) is 6.81. The Morgan fingerprint density at radius 2 is 1.61 bits per heavy atom. The number of halogens is 1. The molecule has 0 unspecified atom stereocenters. The fraction of sp³-hybridized carbons (Fsp3) is 0.696. The number of benzene rings is 1. The number of ether oxygens (including phenoxy) is 3. The zero-order chi connectivity index (χ0) is 21.3. The third-order valence-electron chi connectivity index (χ3n) is 6.42. The van der Waals surface area contributed by atoms with Gasteiger partial charge in [-0.3, -0.25) is 4.99 Å². The van der Waals surface area contributed by atoms with Crippen LogP contribution in [0.25, 0.3) is 0 Å². The number of methoxy groups -OCH3 is 3. The highest BCUT2D eigenvalue weighted by Crippen LogP contribution is 2.34. The van der Waals surface area contributed by atoms with Gasteiger partial charge in [0.25, 0.3) is 0 Å². The average molecular weight is 546 g/mol. The smallest absolute Gasteiger partial charge is 0.191 e. The standard InChI is InChI=1S/C23H38N4O3.HI/c1-24-23(26-17-10-13-27(14-11-17)18-7-5-6-8-18)25-12-9-20-21(29-3)15-19(28-2)16-22(20)30-4;/h15-18H,5-14H2,1-4H3,(H2,24,25,26);1H. The summed E-state index contributed by atoms with van der Waals surface area (Å²) in [5, 5.41) is 7.05. The molecule has 0 spiro atoms. The van der Waals surface area contributed by atoms with Gasteiger partial charge < -0.3 is 29.7 Å².